The molecule has 3 aromatic rings. The van der Waals surface area contributed by atoms with E-state index in [1.807, 2.05) is 23.6 Å². The van der Waals surface area contributed by atoms with Gasteiger partial charge in [0.2, 0.25) is 5.88 Å². The number of piperazine rings is 1. The van der Waals surface area contributed by atoms with Gasteiger partial charge in [-0.1, -0.05) is 6.92 Å². The molecule has 7 rings (SSSR count). The van der Waals surface area contributed by atoms with Crippen LogP contribution in [0.5, 0.6) is 11.9 Å². The highest BCUT2D eigenvalue weighted by atomic mass is 19.4. The number of pyridine rings is 2. The number of hydrogen-bond donors (Lipinski definition) is 2. The van der Waals surface area contributed by atoms with E-state index in [0.717, 1.165) is 32.3 Å². The highest BCUT2D eigenvalue weighted by Gasteiger charge is 2.55. The summed E-state index contributed by atoms with van der Waals surface area (Å²) in [6.45, 7) is 6.78. The van der Waals surface area contributed by atoms with E-state index in [9.17, 15) is 22.0 Å². The van der Waals surface area contributed by atoms with Crippen LogP contribution < -0.4 is 25.4 Å². The largest absolute Gasteiger partial charge is 0.472 e. The van der Waals surface area contributed by atoms with Gasteiger partial charge in [-0.3, -0.25) is 4.90 Å². The molecular weight excluding hydrogens is 658 g/mol. The number of rotatable bonds is 9. The Kier molecular flexibility index (Phi) is 8.25. The molecule has 11 nitrogen and oxygen atoms in total. The number of nitrogens with zero attached hydrogens (tertiary/aromatic N) is 6. The molecule has 3 aliphatic heterocycles. The van der Waals surface area contributed by atoms with E-state index < -0.39 is 52.6 Å². The van der Waals surface area contributed by atoms with Gasteiger partial charge in [-0.2, -0.15) is 23.1 Å². The average Bonchev–Trinajstić information content (AvgIpc) is 3.81. The first-order valence-electron chi connectivity index (χ1n) is 16.3. The fourth-order valence-electron chi connectivity index (χ4n) is 7.30. The molecule has 3 aromatic heterocycles. The van der Waals surface area contributed by atoms with Crippen molar-refractivity contribution in [1.82, 2.24) is 30.2 Å². The van der Waals surface area contributed by atoms with Gasteiger partial charge in [-0.25, -0.2) is 23.1 Å². The standard InChI is InChI=1S/C32H38F6N8O3/c1-5-17-10-46-19(9-40-17)16(3)49-27-21-25(23(33)24(42-27)18-8-20(39)41-15(2)22(18)32(36,37)38)43-29(44-26(21)46)48-14-30(6-7-30)11-45-12-31(13-45,47-4)28(34)35/h8,16-17,19,28,40H,5-7,9-14H2,1-4H3,(H2,39,41)/t16-,17+,19-/m0/s1. The summed E-state index contributed by atoms with van der Waals surface area (Å²) in [4.78, 5) is 21.2. The lowest BCUT2D eigenvalue weighted by Crippen LogP contribution is -2.67. The maximum atomic E-state index is 16.8. The number of likely N-dealkylation sites (tertiary alicyclic amines) is 1. The maximum Gasteiger partial charge on any atom is 0.418 e. The molecule has 0 unspecified atom stereocenters. The molecule has 1 saturated carbocycles. The summed E-state index contributed by atoms with van der Waals surface area (Å²) in [5.74, 6) is -1.17. The Labute approximate surface area is 278 Å². The minimum atomic E-state index is -4.90. The maximum absolute atomic E-state index is 16.8. The third-order valence-corrected chi connectivity index (χ3v) is 10.3. The zero-order valence-electron chi connectivity index (χ0n) is 27.5. The number of hydrogen-bond acceptors (Lipinski definition) is 11. The van der Waals surface area contributed by atoms with Crippen LogP contribution in [0.3, 0.4) is 0 Å². The van der Waals surface area contributed by atoms with Crippen molar-refractivity contribution in [3.63, 3.8) is 0 Å². The van der Waals surface area contributed by atoms with Crippen LogP contribution in [-0.2, 0) is 10.9 Å². The molecule has 4 aliphatic rings. The molecule has 3 N–H and O–H groups in total. The second kappa shape index (κ2) is 12.0. The number of nitrogen functional groups attached to an aromatic ring is 1. The molecule has 0 spiro atoms. The first kappa shape index (κ1) is 33.8. The van der Waals surface area contributed by atoms with Crippen molar-refractivity contribution in [3.8, 4) is 23.1 Å². The van der Waals surface area contributed by atoms with Gasteiger partial charge < -0.3 is 30.2 Å². The Morgan fingerprint density at radius 1 is 1.16 bits per heavy atom. The van der Waals surface area contributed by atoms with E-state index in [2.05, 4.69) is 20.3 Å². The Hall–Kier alpha value is -3.70. The third kappa shape index (κ3) is 5.86. The van der Waals surface area contributed by atoms with Crippen LogP contribution in [0.2, 0.25) is 0 Å². The van der Waals surface area contributed by atoms with Gasteiger partial charge in [0.1, 0.15) is 34.3 Å². The van der Waals surface area contributed by atoms with Crippen LogP contribution in [0.4, 0.5) is 38.0 Å². The summed E-state index contributed by atoms with van der Waals surface area (Å²) < 4.78 is 104. The molecule has 0 radical (unpaired) electrons. The van der Waals surface area contributed by atoms with Crippen LogP contribution in [-0.4, -0.2) is 101 Å². The lowest BCUT2D eigenvalue weighted by Gasteiger charge is -2.49. The second-order valence-corrected chi connectivity index (χ2v) is 13.7. The van der Waals surface area contributed by atoms with E-state index in [1.54, 1.807) is 0 Å². The van der Waals surface area contributed by atoms with Gasteiger partial charge in [0.15, 0.2) is 11.4 Å². The van der Waals surface area contributed by atoms with Crippen LogP contribution in [0.25, 0.3) is 22.2 Å². The SMILES string of the molecule is CC[C@@H]1CN2c3nc(OCC4(CN5CC(OC)(C(F)F)C5)CC4)nc4c(F)c(-c5cc(N)nc(C)c5C(F)(F)F)nc(c34)O[C@@H](C)[C@@H]2CN1. The number of nitrogens with two attached hydrogens (primary N) is 1. The lowest BCUT2D eigenvalue weighted by atomic mass is 9.92. The number of ether oxygens (including phenoxy) is 3. The predicted octanol–water partition coefficient (Wildman–Crippen LogP) is 4.60. The van der Waals surface area contributed by atoms with Crippen LogP contribution in [0, 0.1) is 18.2 Å². The smallest absolute Gasteiger partial charge is 0.418 e. The van der Waals surface area contributed by atoms with Crippen molar-refractivity contribution in [2.24, 2.45) is 5.41 Å². The van der Waals surface area contributed by atoms with E-state index in [-0.39, 0.29) is 65.8 Å². The van der Waals surface area contributed by atoms with E-state index >= 15 is 4.39 Å². The Morgan fingerprint density at radius 3 is 2.53 bits per heavy atom. The molecule has 0 amide bonds. The zero-order valence-corrected chi connectivity index (χ0v) is 27.5. The van der Waals surface area contributed by atoms with Crippen molar-refractivity contribution < 1.29 is 40.6 Å². The molecule has 6 heterocycles. The molecule has 2 saturated heterocycles. The third-order valence-electron chi connectivity index (χ3n) is 10.3. The number of aromatic nitrogens is 4. The summed E-state index contributed by atoms with van der Waals surface area (Å²) in [6.07, 6.45) is -5.69. The van der Waals surface area contributed by atoms with Gasteiger partial charge in [-0.15, -0.1) is 0 Å². The van der Waals surface area contributed by atoms with Crippen LogP contribution in [0.15, 0.2) is 6.07 Å². The monoisotopic (exact) mass is 696 g/mol. The first-order chi connectivity index (χ1) is 23.2. The second-order valence-electron chi connectivity index (χ2n) is 13.7. The number of aryl methyl sites for hydroxylation is 1. The van der Waals surface area contributed by atoms with Gasteiger partial charge >= 0.3 is 12.2 Å². The fourth-order valence-corrected chi connectivity index (χ4v) is 7.30. The highest BCUT2D eigenvalue weighted by molar-refractivity contribution is 5.97. The van der Waals surface area contributed by atoms with E-state index in [4.69, 9.17) is 24.9 Å². The predicted molar refractivity (Wildman–Crippen MR) is 167 cm³/mol. The summed E-state index contributed by atoms with van der Waals surface area (Å²) >= 11 is 0. The van der Waals surface area contributed by atoms with Crippen molar-refractivity contribution in [3.05, 3.63) is 23.1 Å². The number of methoxy groups -OCH3 is 1. The van der Waals surface area contributed by atoms with Gasteiger partial charge in [-0.05, 0) is 39.2 Å². The molecule has 3 fully saturated rings. The normalized spacial score (nSPS) is 24.3. The summed E-state index contributed by atoms with van der Waals surface area (Å²) in [5, 5.41) is 3.61. The zero-order chi connectivity index (χ0) is 35.0. The molecule has 0 aromatic carbocycles. The Balaban J connectivity index is 1.31. The number of anilines is 2. The summed E-state index contributed by atoms with van der Waals surface area (Å²) in [5.41, 5.74) is 0.871. The van der Waals surface area contributed by atoms with Gasteiger partial charge in [0, 0.05) is 56.9 Å². The molecule has 1 aliphatic carbocycles. The van der Waals surface area contributed by atoms with Crippen molar-refractivity contribution >= 4 is 22.5 Å². The molecule has 266 valence electrons. The minimum absolute atomic E-state index is 0.0762. The number of nitrogens with one attached hydrogen (secondary N) is 1. The number of fused-ring (bicyclic) bond motifs is 2. The minimum Gasteiger partial charge on any atom is -0.472 e. The quantitative estimate of drug-likeness (QED) is 0.305. The molecule has 17 heteroatoms. The summed E-state index contributed by atoms with van der Waals surface area (Å²) in [6, 6.07) is 0.570. The Morgan fingerprint density at radius 2 is 1.90 bits per heavy atom. The Bertz CT molecular complexity index is 1770. The molecule has 0 bridgehead atoms. The number of halogens is 6. The van der Waals surface area contributed by atoms with Crippen molar-refractivity contribution in [2.45, 2.75) is 76.4 Å². The van der Waals surface area contributed by atoms with Crippen LogP contribution >= 0.6 is 0 Å². The highest BCUT2D eigenvalue weighted by Crippen LogP contribution is 2.49. The van der Waals surface area contributed by atoms with E-state index in [1.165, 1.54) is 7.11 Å². The topological polar surface area (TPSA) is 124 Å². The molecule has 3 atom stereocenters. The van der Waals surface area contributed by atoms with Crippen molar-refractivity contribution in [2.75, 3.05) is 57.1 Å². The number of alkyl halides is 5. The first-order valence-corrected chi connectivity index (χ1v) is 16.3. The van der Waals surface area contributed by atoms with Crippen LogP contribution in [0.1, 0.15) is 44.4 Å². The summed E-state index contributed by atoms with van der Waals surface area (Å²) in [7, 11) is 1.28. The fraction of sp³-hybridized carbons (Fsp3) is 0.625. The average molecular weight is 697 g/mol. The van der Waals surface area contributed by atoms with E-state index in [0.29, 0.717) is 25.5 Å². The van der Waals surface area contributed by atoms with Crippen molar-refractivity contribution in [1.29, 1.82) is 0 Å². The molecular formula is C32H38F6N8O3. The lowest BCUT2D eigenvalue weighted by molar-refractivity contribution is -0.201. The van der Waals surface area contributed by atoms with Gasteiger partial charge in [0.25, 0.3) is 6.43 Å². The molecule has 49 heavy (non-hydrogen) atoms. The van der Waals surface area contributed by atoms with Gasteiger partial charge in [0.05, 0.1) is 23.9 Å².